The van der Waals surface area contributed by atoms with E-state index in [1.165, 1.54) is 10.6 Å². The third-order valence-electron chi connectivity index (χ3n) is 5.90. The van der Waals surface area contributed by atoms with Gasteiger partial charge in [0.15, 0.2) is 5.17 Å². The number of benzene rings is 1. The number of hydrogen-bond acceptors (Lipinski definition) is 6. The Morgan fingerprint density at radius 1 is 1.12 bits per heavy atom. The molecule has 0 bridgehead atoms. The second-order valence-electron chi connectivity index (χ2n) is 9.90. The molecule has 2 heterocycles. The van der Waals surface area contributed by atoms with Gasteiger partial charge >= 0.3 is 0 Å². The zero-order valence-corrected chi connectivity index (χ0v) is 20.4. The Balaban J connectivity index is 1.73. The smallest absolute Gasteiger partial charge is 0.250 e. The molecule has 1 saturated heterocycles. The van der Waals surface area contributed by atoms with Gasteiger partial charge in [0.25, 0.3) is 0 Å². The van der Waals surface area contributed by atoms with Crippen LogP contribution in [0.15, 0.2) is 41.3 Å². The van der Waals surface area contributed by atoms with E-state index in [-0.39, 0.29) is 38.6 Å². The fourth-order valence-electron chi connectivity index (χ4n) is 4.60. The van der Waals surface area contributed by atoms with Crippen molar-refractivity contribution in [2.24, 2.45) is 7.05 Å². The number of hydrogen-bond donors (Lipinski definition) is 4. The molecule has 0 aliphatic carbocycles. The number of aryl methyl sites for hydroxylation is 1. The molecule has 1 aliphatic heterocycles. The van der Waals surface area contributed by atoms with Crippen molar-refractivity contribution < 1.29 is 5.11 Å². The Bertz CT molecular complexity index is 1090. The van der Waals surface area contributed by atoms with E-state index in [9.17, 15) is 9.90 Å². The summed E-state index contributed by atoms with van der Waals surface area (Å²) in [6.45, 7) is 8.71. The summed E-state index contributed by atoms with van der Waals surface area (Å²) in [5.41, 5.74) is 1.77. The lowest BCUT2D eigenvalue weighted by molar-refractivity contribution is 0.114. The van der Waals surface area contributed by atoms with Crippen LogP contribution in [0.4, 0.5) is 0 Å². The Hall–Kier alpha value is -2.58. The van der Waals surface area contributed by atoms with Crippen LogP contribution in [-0.2, 0) is 7.05 Å². The van der Waals surface area contributed by atoms with E-state index in [0.29, 0.717) is 5.56 Å². The zero-order valence-electron chi connectivity index (χ0n) is 19.6. The molecule has 0 radical (unpaired) electrons. The molecule has 8 heteroatoms. The molecule has 1 aromatic carbocycles. The number of pyridine rings is 1. The molecule has 3 rings (SSSR count). The number of rotatable bonds is 3. The molecule has 4 N–H and O–H groups in total. The Morgan fingerprint density at radius 3 is 2.28 bits per heavy atom. The van der Waals surface area contributed by atoms with Crippen molar-refractivity contribution in [1.29, 1.82) is 10.8 Å². The van der Waals surface area contributed by atoms with Gasteiger partial charge < -0.3 is 19.9 Å². The van der Waals surface area contributed by atoms with Gasteiger partial charge in [-0.1, -0.05) is 6.07 Å². The van der Waals surface area contributed by atoms with Gasteiger partial charge in [0.1, 0.15) is 10.8 Å². The molecular formula is C24H33N5O2S. The fraction of sp³-hybridized carbons (Fsp3) is 0.458. The average molecular weight is 456 g/mol. The molecular weight excluding hydrogens is 422 g/mol. The summed E-state index contributed by atoms with van der Waals surface area (Å²) in [5, 5.41) is 31.7. The number of amidine groups is 1. The summed E-state index contributed by atoms with van der Waals surface area (Å²) < 4.78 is 1.48. The van der Waals surface area contributed by atoms with Crippen LogP contribution in [0.2, 0.25) is 0 Å². The van der Waals surface area contributed by atoms with E-state index in [1.54, 1.807) is 31.4 Å². The molecule has 1 aromatic heterocycles. The largest absolute Gasteiger partial charge is 0.507 e. The van der Waals surface area contributed by atoms with Crippen LogP contribution in [0.5, 0.6) is 5.75 Å². The first-order chi connectivity index (χ1) is 14.8. The molecule has 7 nitrogen and oxygen atoms in total. The minimum Gasteiger partial charge on any atom is -0.507 e. The van der Waals surface area contributed by atoms with Gasteiger partial charge in [-0.2, -0.15) is 0 Å². The Morgan fingerprint density at radius 2 is 1.72 bits per heavy atom. The van der Waals surface area contributed by atoms with Crippen LogP contribution in [0, 0.1) is 10.8 Å². The lowest BCUT2D eigenvalue weighted by atomic mass is 9.79. The fourth-order valence-corrected chi connectivity index (χ4v) is 5.37. The first-order valence-corrected chi connectivity index (χ1v) is 11.5. The van der Waals surface area contributed by atoms with Crippen LogP contribution in [-0.4, -0.2) is 49.0 Å². The molecule has 0 spiro atoms. The van der Waals surface area contributed by atoms with Gasteiger partial charge in [-0.25, -0.2) is 0 Å². The van der Waals surface area contributed by atoms with Gasteiger partial charge in [0, 0.05) is 49.0 Å². The van der Waals surface area contributed by atoms with E-state index >= 15 is 0 Å². The number of phenolic OH excluding ortho intramolecular Hbond substituents is 1. The van der Waals surface area contributed by atoms with E-state index in [0.717, 1.165) is 35.7 Å². The van der Waals surface area contributed by atoms with Gasteiger partial charge in [-0.15, -0.1) is 0 Å². The van der Waals surface area contributed by atoms with Crippen LogP contribution < -0.4 is 10.9 Å². The highest BCUT2D eigenvalue weighted by molar-refractivity contribution is 8.26. The van der Waals surface area contributed by atoms with Crippen molar-refractivity contribution in [2.75, 3.05) is 7.05 Å². The lowest BCUT2D eigenvalue weighted by Crippen LogP contribution is -2.62. The molecule has 1 fully saturated rings. The maximum Gasteiger partial charge on any atom is 0.250 e. The molecule has 2 aromatic rings. The predicted octanol–water partition coefficient (Wildman–Crippen LogP) is 3.99. The first-order valence-electron chi connectivity index (χ1n) is 10.7. The van der Waals surface area contributed by atoms with E-state index in [1.807, 2.05) is 18.0 Å². The van der Waals surface area contributed by atoms with Crippen molar-refractivity contribution >= 4 is 22.0 Å². The van der Waals surface area contributed by atoms with Crippen LogP contribution in [0.1, 0.15) is 46.1 Å². The number of thioether (sulfide) groups is 1. The zero-order chi connectivity index (χ0) is 23.8. The topological polar surface area (TPSA) is 105 Å². The summed E-state index contributed by atoms with van der Waals surface area (Å²) in [7, 11) is 3.59. The van der Waals surface area contributed by atoms with Crippen molar-refractivity contribution in [3.05, 3.63) is 52.4 Å². The standard InChI is InChI=1S/C24H33N5O2S/c1-23(2)12-17(13-24(3,4)27-23)29(6)22(26)32-21(25)18-9-7-15(11-19(18)30)16-8-10-20(31)28(5)14-16/h7-11,14,17,25-27,30H,12-13H2,1-6H3. The van der Waals surface area contributed by atoms with Crippen molar-refractivity contribution in [2.45, 2.75) is 57.7 Å². The van der Waals surface area contributed by atoms with Crippen molar-refractivity contribution in [1.82, 2.24) is 14.8 Å². The third-order valence-corrected chi connectivity index (χ3v) is 6.80. The molecule has 1 aliphatic rings. The van der Waals surface area contributed by atoms with E-state index in [2.05, 4.69) is 33.0 Å². The number of piperidine rings is 1. The number of nitrogens with one attached hydrogen (secondary N) is 3. The summed E-state index contributed by atoms with van der Waals surface area (Å²) in [6, 6.07) is 8.48. The first kappa shape index (κ1) is 24.1. The number of phenols is 1. The average Bonchev–Trinajstić information content (AvgIpc) is 2.66. The second kappa shape index (κ2) is 8.75. The highest BCUT2D eigenvalue weighted by Gasteiger charge is 2.39. The highest BCUT2D eigenvalue weighted by Crippen LogP contribution is 2.33. The van der Waals surface area contributed by atoms with Crippen LogP contribution >= 0.6 is 11.8 Å². The highest BCUT2D eigenvalue weighted by atomic mass is 32.2. The van der Waals surface area contributed by atoms with Gasteiger partial charge in [0.2, 0.25) is 5.56 Å². The minimum absolute atomic E-state index is 0.0200. The minimum atomic E-state index is -0.101. The summed E-state index contributed by atoms with van der Waals surface area (Å²) in [6.07, 6.45) is 3.52. The van der Waals surface area contributed by atoms with E-state index < -0.39 is 0 Å². The number of nitrogens with zero attached hydrogens (tertiary/aromatic N) is 2. The maximum absolute atomic E-state index is 11.6. The summed E-state index contributed by atoms with van der Waals surface area (Å²) in [5.74, 6) is -0.0200. The molecule has 172 valence electrons. The quantitative estimate of drug-likeness (QED) is 0.414. The van der Waals surface area contributed by atoms with Crippen molar-refractivity contribution in [3.63, 3.8) is 0 Å². The predicted molar refractivity (Wildman–Crippen MR) is 133 cm³/mol. The van der Waals surface area contributed by atoms with E-state index in [4.69, 9.17) is 10.8 Å². The molecule has 0 atom stereocenters. The van der Waals surface area contributed by atoms with Crippen molar-refractivity contribution in [3.8, 4) is 16.9 Å². The molecule has 0 saturated carbocycles. The van der Waals surface area contributed by atoms with Crippen LogP contribution in [0.25, 0.3) is 11.1 Å². The monoisotopic (exact) mass is 455 g/mol. The number of aromatic nitrogens is 1. The normalized spacial score (nSPS) is 17.7. The molecule has 0 unspecified atom stereocenters. The molecule has 32 heavy (non-hydrogen) atoms. The number of aromatic hydroxyl groups is 1. The second-order valence-corrected chi connectivity index (χ2v) is 10.9. The lowest BCUT2D eigenvalue weighted by Gasteiger charge is -2.49. The SMILES string of the molecule is CN(C(=N)SC(=N)c1ccc(-c2ccc(=O)n(C)c2)cc1O)C1CC(C)(C)NC(C)(C)C1. The Kier molecular flexibility index (Phi) is 6.58. The third kappa shape index (κ3) is 5.42. The molecule has 0 amide bonds. The van der Waals surface area contributed by atoms with Crippen LogP contribution in [0.3, 0.4) is 0 Å². The van der Waals surface area contributed by atoms with Gasteiger partial charge in [-0.05, 0) is 81.6 Å². The Labute approximate surface area is 193 Å². The summed E-state index contributed by atoms with van der Waals surface area (Å²) in [4.78, 5) is 13.6. The summed E-state index contributed by atoms with van der Waals surface area (Å²) >= 11 is 1.04. The van der Waals surface area contributed by atoms with Gasteiger partial charge in [0.05, 0.1) is 0 Å². The maximum atomic E-state index is 11.6. The van der Waals surface area contributed by atoms with Gasteiger partial charge in [-0.3, -0.25) is 15.6 Å².